The second-order valence-corrected chi connectivity index (χ2v) is 5.00. The number of hydrogen-bond donors (Lipinski definition) is 1. The summed E-state index contributed by atoms with van der Waals surface area (Å²) in [6, 6.07) is 5.45. The van der Waals surface area contributed by atoms with Crippen LogP contribution >= 0.6 is 23.2 Å². The molecule has 1 aromatic carbocycles. The first kappa shape index (κ1) is 11.3. The van der Waals surface area contributed by atoms with Gasteiger partial charge in [-0.05, 0) is 24.8 Å². The molecule has 1 aromatic rings. The Kier molecular flexibility index (Phi) is 2.98. The van der Waals surface area contributed by atoms with Gasteiger partial charge in [-0.1, -0.05) is 48.7 Å². The SMILES string of the molecule is CCCC1CC1(O)c1cccc(Cl)c1Cl. The highest BCUT2D eigenvalue weighted by Gasteiger charge is 2.54. The molecule has 15 heavy (non-hydrogen) atoms. The lowest BCUT2D eigenvalue weighted by molar-refractivity contribution is 0.129. The first-order valence-corrected chi connectivity index (χ1v) is 6.02. The van der Waals surface area contributed by atoms with E-state index in [1.165, 1.54) is 0 Å². The quantitative estimate of drug-likeness (QED) is 0.853. The average Bonchev–Trinajstić information content (AvgIpc) is 2.83. The van der Waals surface area contributed by atoms with Crippen molar-refractivity contribution in [2.24, 2.45) is 5.92 Å². The highest BCUT2D eigenvalue weighted by molar-refractivity contribution is 6.42. The Bertz CT molecular complexity index is 378. The van der Waals surface area contributed by atoms with Crippen molar-refractivity contribution in [2.75, 3.05) is 0 Å². The summed E-state index contributed by atoms with van der Waals surface area (Å²) >= 11 is 12.0. The van der Waals surface area contributed by atoms with Crippen LogP contribution in [0.5, 0.6) is 0 Å². The summed E-state index contributed by atoms with van der Waals surface area (Å²) in [5, 5.41) is 11.4. The Morgan fingerprint density at radius 1 is 1.47 bits per heavy atom. The van der Waals surface area contributed by atoms with Crippen molar-refractivity contribution in [3.63, 3.8) is 0 Å². The maximum atomic E-state index is 10.4. The zero-order valence-electron chi connectivity index (χ0n) is 8.63. The second kappa shape index (κ2) is 3.97. The monoisotopic (exact) mass is 244 g/mol. The summed E-state index contributed by atoms with van der Waals surface area (Å²) in [6.07, 6.45) is 2.94. The maximum Gasteiger partial charge on any atom is 0.0944 e. The Labute approximate surface area is 100 Å². The first-order chi connectivity index (χ1) is 7.09. The van der Waals surface area contributed by atoms with E-state index in [2.05, 4.69) is 6.92 Å². The summed E-state index contributed by atoms with van der Waals surface area (Å²) in [5.74, 6) is 0.346. The number of aliphatic hydroxyl groups is 1. The number of halogens is 2. The summed E-state index contributed by atoms with van der Waals surface area (Å²) in [4.78, 5) is 0. The van der Waals surface area contributed by atoms with Crippen LogP contribution in [0.4, 0.5) is 0 Å². The van der Waals surface area contributed by atoms with Crippen molar-refractivity contribution in [3.8, 4) is 0 Å². The molecule has 0 aromatic heterocycles. The van der Waals surface area contributed by atoms with Crippen LogP contribution in [-0.4, -0.2) is 5.11 Å². The first-order valence-electron chi connectivity index (χ1n) is 5.26. The van der Waals surface area contributed by atoms with Gasteiger partial charge in [-0.2, -0.15) is 0 Å². The molecule has 0 amide bonds. The lowest BCUT2D eigenvalue weighted by Crippen LogP contribution is -2.09. The van der Waals surface area contributed by atoms with Gasteiger partial charge in [0.2, 0.25) is 0 Å². The Morgan fingerprint density at radius 2 is 2.20 bits per heavy atom. The Morgan fingerprint density at radius 3 is 2.87 bits per heavy atom. The molecule has 82 valence electrons. The van der Waals surface area contributed by atoms with Gasteiger partial charge in [0.25, 0.3) is 0 Å². The molecule has 1 nitrogen and oxygen atoms in total. The van der Waals surface area contributed by atoms with Gasteiger partial charge in [-0.3, -0.25) is 0 Å². The highest BCUT2D eigenvalue weighted by atomic mass is 35.5. The minimum Gasteiger partial charge on any atom is -0.385 e. The van der Waals surface area contributed by atoms with Gasteiger partial charge in [0, 0.05) is 5.56 Å². The predicted octanol–water partition coefficient (Wildman–Crippen LogP) is 4.00. The normalized spacial score (nSPS) is 29.2. The molecule has 0 spiro atoms. The van der Waals surface area contributed by atoms with Crippen LogP contribution in [0.15, 0.2) is 18.2 Å². The summed E-state index contributed by atoms with van der Waals surface area (Å²) in [6.45, 7) is 2.12. The molecule has 1 fully saturated rings. The average molecular weight is 245 g/mol. The third-order valence-electron chi connectivity index (χ3n) is 3.13. The molecule has 1 N–H and O–H groups in total. The lowest BCUT2D eigenvalue weighted by atomic mass is 10.0. The molecule has 0 bridgehead atoms. The van der Waals surface area contributed by atoms with Crippen LogP contribution in [0.3, 0.4) is 0 Å². The van der Waals surface area contributed by atoms with E-state index in [1.807, 2.05) is 12.1 Å². The fraction of sp³-hybridized carbons (Fsp3) is 0.500. The zero-order valence-corrected chi connectivity index (χ0v) is 10.1. The minimum atomic E-state index is -0.724. The van der Waals surface area contributed by atoms with Crippen molar-refractivity contribution < 1.29 is 5.11 Å². The third kappa shape index (κ3) is 1.89. The van der Waals surface area contributed by atoms with E-state index in [4.69, 9.17) is 23.2 Å². The molecular formula is C12H14Cl2O. The summed E-state index contributed by atoms with van der Waals surface area (Å²) in [7, 11) is 0. The van der Waals surface area contributed by atoms with Crippen LogP contribution < -0.4 is 0 Å². The van der Waals surface area contributed by atoms with Gasteiger partial charge in [0.1, 0.15) is 0 Å². The van der Waals surface area contributed by atoms with Crippen molar-refractivity contribution >= 4 is 23.2 Å². The van der Waals surface area contributed by atoms with Crippen molar-refractivity contribution in [3.05, 3.63) is 33.8 Å². The van der Waals surface area contributed by atoms with E-state index >= 15 is 0 Å². The molecule has 1 saturated carbocycles. The van der Waals surface area contributed by atoms with Crippen LogP contribution in [0.1, 0.15) is 31.7 Å². The smallest absolute Gasteiger partial charge is 0.0944 e. The van der Waals surface area contributed by atoms with Crippen LogP contribution in [0.2, 0.25) is 10.0 Å². The van der Waals surface area contributed by atoms with Crippen LogP contribution in [0, 0.1) is 5.92 Å². The fourth-order valence-corrected chi connectivity index (χ4v) is 2.64. The molecule has 2 atom stereocenters. The zero-order chi connectivity index (χ0) is 11.1. The van der Waals surface area contributed by atoms with Crippen molar-refractivity contribution in [1.82, 2.24) is 0 Å². The molecule has 0 aliphatic heterocycles. The van der Waals surface area contributed by atoms with Gasteiger partial charge in [-0.25, -0.2) is 0 Å². The fourth-order valence-electron chi connectivity index (χ4n) is 2.17. The summed E-state index contributed by atoms with van der Waals surface area (Å²) < 4.78 is 0. The molecule has 3 heteroatoms. The molecular weight excluding hydrogens is 231 g/mol. The van der Waals surface area contributed by atoms with Crippen LogP contribution in [-0.2, 0) is 5.60 Å². The number of rotatable bonds is 3. The highest BCUT2D eigenvalue weighted by Crippen LogP contribution is 2.56. The predicted molar refractivity (Wildman–Crippen MR) is 63.4 cm³/mol. The molecule has 1 aliphatic rings. The van der Waals surface area contributed by atoms with Crippen LogP contribution in [0.25, 0.3) is 0 Å². The van der Waals surface area contributed by atoms with E-state index in [1.54, 1.807) is 6.07 Å². The van der Waals surface area contributed by atoms with Gasteiger partial charge in [0.05, 0.1) is 15.6 Å². The number of benzene rings is 1. The number of hydrogen-bond acceptors (Lipinski definition) is 1. The van der Waals surface area contributed by atoms with E-state index in [0.29, 0.717) is 16.0 Å². The topological polar surface area (TPSA) is 20.2 Å². The molecule has 2 unspecified atom stereocenters. The van der Waals surface area contributed by atoms with Gasteiger partial charge in [-0.15, -0.1) is 0 Å². The third-order valence-corrected chi connectivity index (χ3v) is 3.95. The Hall–Kier alpha value is -0.240. The molecule has 1 aliphatic carbocycles. The minimum absolute atomic E-state index is 0.346. The van der Waals surface area contributed by atoms with Crippen molar-refractivity contribution in [1.29, 1.82) is 0 Å². The van der Waals surface area contributed by atoms with E-state index in [0.717, 1.165) is 24.8 Å². The standard InChI is InChI=1S/C12H14Cl2O/c1-2-4-8-7-12(8,15)9-5-3-6-10(13)11(9)14/h3,5-6,8,15H,2,4,7H2,1H3. The van der Waals surface area contributed by atoms with Gasteiger partial charge < -0.3 is 5.11 Å². The second-order valence-electron chi connectivity index (χ2n) is 4.22. The summed E-state index contributed by atoms with van der Waals surface area (Å²) in [5.41, 5.74) is 0.0629. The molecule has 2 rings (SSSR count). The molecule has 0 radical (unpaired) electrons. The van der Waals surface area contributed by atoms with Gasteiger partial charge in [0.15, 0.2) is 0 Å². The largest absolute Gasteiger partial charge is 0.385 e. The molecule has 0 saturated heterocycles. The maximum absolute atomic E-state index is 10.4. The van der Waals surface area contributed by atoms with Crippen molar-refractivity contribution in [2.45, 2.75) is 31.8 Å². The lowest BCUT2D eigenvalue weighted by Gasteiger charge is -2.13. The van der Waals surface area contributed by atoms with E-state index < -0.39 is 5.60 Å². The Balaban J connectivity index is 2.28. The van der Waals surface area contributed by atoms with E-state index in [-0.39, 0.29) is 0 Å². The molecule has 0 heterocycles. The van der Waals surface area contributed by atoms with E-state index in [9.17, 15) is 5.11 Å². The van der Waals surface area contributed by atoms with Gasteiger partial charge >= 0.3 is 0 Å².